The molecule has 8 atom stereocenters. The Morgan fingerprint density at radius 3 is 1.84 bits per heavy atom. The molecule has 0 saturated carbocycles. The van der Waals surface area contributed by atoms with Crippen LogP contribution in [-0.2, 0) is 18.9 Å². The summed E-state index contributed by atoms with van der Waals surface area (Å²) in [6.45, 7) is 1.38. The van der Waals surface area contributed by atoms with Gasteiger partial charge in [0.25, 0.3) is 0 Å². The summed E-state index contributed by atoms with van der Waals surface area (Å²) < 4.78 is 59.8. The lowest BCUT2D eigenvalue weighted by Gasteiger charge is -2.25. The van der Waals surface area contributed by atoms with Crippen LogP contribution in [0.25, 0.3) is 22.1 Å². The largest absolute Gasteiger partial charge is 0.480 e. The van der Waals surface area contributed by atoms with Crippen LogP contribution in [0.2, 0.25) is 5.15 Å². The summed E-state index contributed by atoms with van der Waals surface area (Å²) >= 11 is 6.10. The summed E-state index contributed by atoms with van der Waals surface area (Å²) in [6.07, 6.45) is -3.32. The molecule has 4 aromatic heterocycles. The molecule has 2 aliphatic rings. The molecule has 2 unspecified atom stereocenters. The molecule has 0 amide bonds. The third-order valence-electron chi connectivity index (χ3n) is 9.50. The third-order valence-corrected chi connectivity index (χ3v) is 9.78. The number of benzene rings is 2. The van der Waals surface area contributed by atoms with Crippen molar-refractivity contribution in [2.45, 2.75) is 62.4 Å². The van der Waals surface area contributed by atoms with E-state index in [1.54, 1.807) is 60.7 Å². The Balaban J connectivity index is 0.000000200. The van der Waals surface area contributed by atoms with Crippen LogP contribution in [0.15, 0.2) is 85.7 Å². The van der Waals surface area contributed by atoms with Crippen LogP contribution >= 0.6 is 11.6 Å². The van der Waals surface area contributed by atoms with Gasteiger partial charge in [0.05, 0.1) is 30.2 Å². The minimum atomic E-state index is -1.32. The fourth-order valence-corrected chi connectivity index (χ4v) is 6.95. The first-order chi connectivity index (χ1) is 27.6. The van der Waals surface area contributed by atoms with Crippen LogP contribution in [0.4, 0.5) is 8.78 Å². The number of rotatable bonds is 9. The Labute approximate surface area is 327 Å². The van der Waals surface area contributed by atoms with E-state index in [4.69, 9.17) is 40.4 Å². The molecule has 298 valence electrons. The molecule has 16 nitrogen and oxygen atoms in total. The van der Waals surface area contributed by atoms with Crippen molar-refractivity contribution in [3.63, 3.8) is 0 Å². The van der Waals surface area contributed by atoms with Crippen molar-refractivity contribution in [2.75, 3.05) is 13.7 Å². The monoisotopic (exact) mass is 808 g/mol. The first kappa shape index (κ1) is 39.6. The van der Waals surface area contributed by atoms with Gasteiger partial charge >= 0.3 is 11.9 Å². The van der Waals surface area contributed by atoms with Crippen molar-refractivity contribution in [2.24, 2.45) is 0 Å². The summed E-state index contributed by atoms with van der Waals surface area (Å²) in [4.78, 5) is 41.8. The first-order valence-corrected chi connectivity index (χ1v) is 18.0. The number of aliphatic hydroxyl groups is 3. The maximum atomic E-state index is 14.8. The number of esters is 2. The third kappa shape index (κ3) is 7.62. The lowest BCUT2D eigenvalue weighted by atomic mass is 10.1. The number of aromatic nitrogens is 6. The number of methoxy groups -OCH3 is 1. The zero-order chi connectivity index (χ0) is 40.4. The van der Waals surface area contributed by atoms with Gasteiger partial charge in [-0.05, 0) is 30.7 Å². The highest BCUT2D eigenvalue weighted by atomic mass is 35.5. The molecule has 0 bridgehead atoms. The molecule has 2 fully saturated rings. The van der Waals surface area contributed by atoms with Gasteiger partial charge < -0.3 is 43.6 Å². The number of hydrogen-bond acceptors (Lipinski definition) is 14. The second-order valence-electron chi connectivity index (χ2n) is 12.9. The molecule has 2 aromatic carbocycles. The Hall–Kier alpha value is -5.63. The summed E-state index contributed by atoms with van der Waals surface area (Å²) in [5, 5.41) is 28.9. The lowest BCUT2D eigenvalue weighted by molar-refractivity contribution is -0.0510. The molecular formula is C38H35ClF2N6O10. The van der Waals surface area contributed by atoms with E-state index in [1.807, 2.05) is 6.92 Å². The second kappa shape index (κ2) is 16.8. The van der Waals surface area contributed by atoms with Crippen LogP contribution < -0.4 is 4.74 Å². The van der Waals surface area contributed by atoms with Gasteiger partial charge in [0.2, 0.25) is 5.88 Å². The molecule has 0 radical (unpaired) electrons. The van der Waals surface area contributed by atoms with Crippen LogP contribution in [-0.4, -0.2) is 107 Å². The molecule has 8 rings (SSSR count). The molecule has 0 spiro atoms. The normalized spacial score (nSPS) is 24.3. The highest BCUT2D eigenvalue weighted by Gasteiger charge is 2.51. The van der Waals surface area contributed by atoms with Crippen LogP contribution in [0.1, 0.15) is 46.5 Å². The Bertz CT molecular complexity index is 2370. The van der Waals surface area contributed by atoms with Crippen molar-refractivity contribution in [3.05, 3.63) is 114 Å². The smallest absolute Gasteiger partial charge is 0.338 e. The van der Waals surface area contributed by atoms with Gasteiger partial charge in [0.1, 0.15) is 53.3 Å². The van der Waals surface area contributed by atoms with E-state index in [1.165, 1.54) is 28.9 Å². The van der Waals surface area contributed by atoms with Crippen LogP contribution in [0.5, 0.6) is 5.88 Å². The van der Waals surface area contributed by atoms with Gasteiger partial charge in [-0.25, -0.2) is 38.3 Å². The molecule has 0 aliphatic carbocycles. The number of nitrogens with zero attached hydrogens (tertiary/aromatic N) is 6. The highest BCUT2D eigenvalue weighted by molar-refractivity contribution is 6.34. The summed E-state index contributed by atoms with van der Waals surface area (Å²) in [7, 11) is 1.35. The second-order valence-corrected chi connectivity index (χ2v) is 13.2. The molecule has 2 aliphatic heterocycles. The minimum absolute atomic E-state index is 0.00804. The van der Waals surface area contributed by atoms with Crippen molar-refractivity contribution in [1.29, 1.82) is 0 Å². The van der Waals surface area contributed by atoms with E-state index in [2.05, 4.69) is 19.9 Å². The number of carbonyl (C=O) groups excluding carboxylic acids is 2. The fraction of sp³-hybridized carbons (Fsp3) is 0.316. The van der Waals surface area contributed by atoms with Gasteiger partial charge in [-0.1, -0.05) is 54.9 Å². The summed E-state index contributed by atoms with van der Waals surface area (Å²) in [6, 6.07) is 16.8. The van der Waals surface area contributed by atoms with Crippen LogP contribution in [0.3, 0.4) is 0 Å². The van der Waals surface area contributed by atoms with E-state index < -0.39 is 79.3 Å². The molecule has 57 heavy (non-hydrogen) atoms. The van der Waals surface area contributed by atoms with Gasteiger partial charge in [-0.15, -0.1) is 0 Å². The summed E-state index contributed by atoms with van der Waals surface area (Å²) in [5.74, 6) is -2.48. The van der Waals surface area contributed by atoms with Crippen molar-refractivity contribution < 1.29 is 57.4 Å². The maximum Gasteiger partial charge on any atom is 0.338 e. The first-order valence-electron chi connectivity index (χ1n) is 17.6. The molecule has 3 N–H and O–H groups in total. The highest BCUT2D eigenvalue weighted by Crippen LogP contribution is 2.39. The predicted molar refractivity (Wildman–Crippen MR) is 195 cm³/mol. The molecular weight excluding hydrogens is 774 g/mol. The standard InChI is InChI=1S/C26H21ClFN3O5.C12H14FN3O5/c1-2-18-20(35-25(32)15-9-5-3-6-10-15)21(36-26(33)16-11-7-4-8-12-16)24(34-18)31-13-17(28)19-22(27)29-14-30-23(19)31;1-20-11-7-5(13)2-16(10(7)14-4-15-11)12-9(19)8(18)6(3-17)21-12/h3-14,18,20-21,24H,2H2,1H3;2,4,6,8-9,12,17-19H,3H2,1H3/t18-,20?,21+,24-;6-,8?,9+,12-/m11/s1. The van der Waals surface area contributed by atoms with Crippen molar-refractivity contribution >= 4 is 45.6 Å². The number of carbonyl (C=O) groups is 2. The van der Waals surface area contributed by atoms with Gasteiger partial charge in [0.15, 0.2) is 41.9 Å². The quantitative estimate of drug-likeness (QED) is 0.139. The van der Waals surface area contributed by atoms with Gasteiger partial charge in [-0.2, -0.15) is 0 Å². The van der Waals surface area contributed by atoms with Gasteiger partial charge in [-0.3, -0.25) is 4.57 Å². The van der Waals surface area contributed by atoms with E-state index in [-0.39, 0.29) is 33.1 Å². The van der Waals surface area contributed by atoms with Crippen molar-refractivity contribution in [3.8, 4) is 5.88 Å². The average molecular weight is 809 g/mol. The van der Waals surface area contributed by atoms with Crippen LogP contribution in [0, 0.1) is 11.6 Å². The van der Waals surface area contributed by atoms with E-state index in [0.717, 1.165) is 12.4 Å². The number of ether oxygens (including phenoxy) is 5. The topological polar surface area (TPSA) is 202 Å². The zero-order valence-electron chi connectivity index (χ0n) is 30.1. The fourth-order valence-electron chi connectivity index (χ4n) is 6.73. The summed E-state index contributed by atoms with van der Waals surface area (Å²) in [5.41, 5.74) is 0.955. The van der Waals surface area contributed by atoms with Crippen molar-refractivity contribution in [1.82, 2.24) is 29.1 Å². The lowest BCUT2D eigenvalue weighted by Crippen LogP contribution is -2.39. The van der Waals surface area contributed by atoms with Gasteiger partial charge in [0, 0.05) is 12.4 Å². The minimum Gasteiger partial charge on any atom is -0.480 e. The number of hydrogen-bond donors (Lipinski definition) is 3. The molecule has 19 heteroatoms. The Morgan fingerprint density at radius 2 is 1.28 bits per heavy atom. The van der Waals surface area contributed by atoms with E-state index in [0.29, 0.717) is 17.5 Å². The molecule has 6 aromatic rings. The SMILES string of the molecule is CC[C@H]1O[C@@H](n2cc(F)c3c(Cl)ncnc32)[C@@H](OC(=O)c2ccccc2)C1OC(=O)c1ccccc1.COc1ncnc2c1c(F)cn2[C@@H]1O[C@H](CO)C(O)[C@@H]1O. The Kier molecular flexibility index (Phi) is 11.7. The van der Waals surface area contributed by atoms with E-state index in [9.17, 15) is 28.6 Å². The maximum absolute atomic E-state index is 14.8. The average Bonchev–Trinajstić information content (AvgIpc) is 3.95. The predicted octanol–water partition coefficient (Wildman–Crippen LogP) is 4.17. The number of aliphatic hydroxyl groups excluding tert-OH is 3. The molecule has 2 saturated heterocycles. The molecule has 6 heterocycles. The number of fused-ring (bicyclic) bond motifs is 2. The number of halogens is 3. The van der Waals surface area contributed by atoms with E-state index >= 15 is 0 Å². The Morgan fingerprint density at radius 1 is 0.754 bits per heavy atom. The zero-order valence-corrected chi connectivity index (χ0v) is 30.9.